The highest BCUT2D eigenvalue weighted by molar-refractivity contribution is 6.57. The molecule has 7 rings (SSSR count). The third kappa shape index (κ3) is 3.92. The number of nitrogens with zero attached hydrogens (tertiary/aromatic N) is 5. The Morgan fingerprint density at radius 2 is 2.08 bits per heavy atom. The summed E-state index contributed by atoms with van der Waals surface area (Å²) in [6, 6.07) is 9.40. The van der Waals surface area contributed by atoms with E-state index in [0.717, 1.165) is 23.0 Å². The van der Waals surface area contributed by atoms with Gasteiger partial charge in [0.15, 0.2) is 5.65 Å². The van der Waals surface area contributed by atoms with Crippen LogP contribution in [0.25, 0.3) is 16.8 Å². The number of hydrogen-bond acceptors (Lipinski definition) is 9. The first-order valence-corrected chi connectivity index (χ1v) is 13.5. The molecule has 38 heavy (non-hydrogen) atoms. The molecule has 2 atom stereocenters. The molecule has 0 saturated carbocycles. The number of hydrogen-bond donors (Lipinski definition) is 3. The quantitative estimate of drug-likeness (QED) is 0.302. The summed E-state index contributed by atoms with van der Waals surface area (Å²) in [4.78, 5) is 26.2. The van der Waals surface area contributed by atoms with Gasteiger partial charge in [0.25, 0.3) is 11.9 Å². The van der Waals surface area contributed by atoms with Crippen molar-refractivity contribution >= 4 is 38.6 Å². The molecule has 0 radical (unpaired) electrons. The monoisotopic (exact) mass is 528 g/mol. The van der Waals surface area contributed by atoms with Crippen molar-refractivity contribution in [3.63, 3.8) is 0 Å². The molecule has 1 aromatic carbocycles. The Kier molecular flexibility index (Phi) is 4.94. The number of ether oxygens (including phenoxy) is 1. The minimum Gasteiger partial charge on any atom is -0.474 e. The van der Waals surface area contributed by atoms with Crippen molar-refractivity contribution in [1.29, 1.82) is 0 Å². The van der Waals surface area contributed by atoms with Crippen molar-refractivity contribution in [2.75, 3.05) is 10.6 Å². The smallest absolute Gasteiger partial charge is 0.299 e. The number of halogens is 1. The van der Waals surface area contributed by atoms with E-state index in [-0.39, 0.29) is 18.1 Å². The average Bonchev–Trinajstić information content (AvgIpc) is 3.25. The van der Waals surface area contributed by atoms with Crippen molar-refractivity contribution in [2.24, 2.45) is 0 Å². The van der Waals surface area contributed by atoms with Gasteiger partial charge in [0, 0.05) is 29.6 Å². The molecular formula is C25H21FN8O3Si. The highest BCUT2D eigenvalue weighted by Gasteiger charge is 2.55. The second-order valence-electron chi connectivity index (χ2n) is 9.49. The molecule has 13 heteroatoms. The molecular weight excluding hydrogens is 507 g/mol. The lowest BCUT2D eigenvalue weighted by Gasteiger charge is -2.18. The van der Waals surface area contributed by atoms with Crippen LogP contribution in [0.2, 0.25) is 0 Å². The maximum absolute atomic E-state index is 14.2. The molecule has 1 unspecified atom stereocenters. The summed E-state index contributed by atoms with van der Waals surface area (Å²) in [5, 5.41) is 13.3. The van der Waals surface area contributed by atoms with E-state index < -0.39 is 20.6 Å². The molecule has 190 valence electrons. The van der Waals surface area contributed by atoms with Gasteiger partial charge >= 0.3 is 0 Å². The van der Waals surface area contributed by atoms with Gasteiger partial charge in [-0.1, -0.05) is 12.1 Å². The van der Waals surface area contributed by atoms with Crippen LogP contribution in [0.4, 0.5) is 21.9 Å². The first-order valence-electron chi connectivity index (χ1n) is 12.0. The zero-order chi connectivity index (χ0) is 25.9. The SMILES string of the molecule is C[C@]12Oc3ncc(F)cc3CNc3nc4c(cnn4cc3-c3ccc(Nc4ncco4)cc3)C(=O)NC1[SiH2]2. The van der Waals surface area contributed by atoms with Gasteiger partial charge in [0.1, 0.15) is 38.2 Å². The van der Waals surface area contributed by atoms with Gasteiger partial charge in [0.2, 0.25) is 5.88 Å². The van der Waals surface area contributed by atoms with Crippen LogP contribution in [0, 0.1) is 5.82 Å². The second-order valence-corrected chi connectivity index (χ2v) is 12.1. The van der Waals surface area contributed by atoms with E-state index in [1.54, 1.807) is 10.7 Å². The van der Waals surface area contributed by atoms with Crippen LogP contribution in [0.5, 0.6) is 5.88 Å². The molecule has 0 spiro atoms. The van der Waals surface area contributed by atoms with Crippen LogP contribution in [-0.2, 0) is 6.54 Å². The molecule has 1 amide bonds. The van der Waals surface area contributed by atoms with Crippen molar-refractivity contribution < 1.29 is 18.3 Å². The van der Waals surface area contributed by atoms with Gasteiger partial charge in [-0.3, -0.25) is 4.79 Å². The fraction of sp³-hybridized carbons (Fsp3) is 0.160. The molecule has 2 bridgehead atoms. The van der Waals surface area contributed by atoms with Gasteiger partial charge in [-0.15, -0.1) is 0 Å². The van der Waals surface area contributed by atoms with E-state index in [9.17, 15) is 9.18 Å². The van der Waals surface area contributed by atoms with Gasteiger partial charge in [0.05, 0.1) is 24.3 Å². The first-order chi connectivity index (χ1) is 18.4. The molecule has 6 heterocycles. The number of benzene rings is 1. The molecule has 5 aromatic rings. The van der Waals surface area contributed by atoms with Crippen LogP contribution < -0.4 is 20.7 Å². The zero-order valence-corrected chi connectivity index (χ0v) is 21.5. The molecule has 1 saturated heterocycles. The van der Waals surface area contributed by atoms with E-state index in [4.69, 9.17) is 14.1 Å². The Balaban J connectivity index is 1.31. The number of aromatic nitrogens is 5. The van der Waals surface area contributed by atoms with Crippen LogP contribution in [0.3, 0.4) is 0 Å². The second kappa shape index (κ2) is 8.38. The summed E-state index contributed by atoms with van der Waals surface area (Å²) in [7, 11) is -0.778. The number of pyridine rings is 1. The van der Waals surface area contributed by atoms with E-state index in [0.29, 0.717) is 34.5 Å². The number of rotatable bonds is 3. The lowest BCUT2D eigenvalue weighted by atomic mass is 10.1. The minimum absolute atomic E-state index is 0.0828. The van der Waals surface area contributed by atoms with Crippen LogP contribution in [0.15, 0.2) is 65.8 Å². The molecule has 2 aliphatic rings. The van der Waals surface area contributed by atoms with Gasteiger partial charge in [-0.25, -0.2) is 23.9 Å². The molecule has 4 aromatic heterocycles. The topological polar surface area (TPSA) is 132 Å². The third-order valence-corrected chi connectivity index (χ3v) is 9.09. The maximum Gasteiger partial charge on any atom is 0.299 e. The van der Waals surface area contributed by atoms with E-state index in [1.807, 2.05) is 37.4 Å². The highest BCUT2D eigenvalue weighted by atomic mass is 28.2. The number of fused-ring (bicyclic) bond motifs is 3. The van der Waals surface area contributed by atoms with Crippen molar-refractivity contribution in [3.8, 4) is 17.0 Å². The number of nitrogens with one attached hydrogen (secondary N) is 3. The summed E-state index contributed by atoms with van der Waals surface area (Å²) in [5.41, 5.74) is 3.63. The van der Waals surface area contributed by atoms with Crippen LogP contribution >= 0.6 is 0 Å². The summed E-state index contributed by atoms with van der Waals surface area (Å²) < 4.78 is 27.2. The van der Waals surface area contributed by atoms with Crippen molar-refractivity contribution in [3.05, 3.63) is 78.3 Å². The summed E-state index contributed by atoms with van der Waals surface area (Å²) in [6.07, 6.45) is 7.52. The fourth-order valence-electron chi connectivity index (χ4n) is 4.55. The molecule has 1 fully saturated rings. The largest absolute Gasteiger partial charge is 0.474 e. The molecule has 2 aliphatic heterocycles. The van der Waals surface area contributed by atoms with Crippen LogP contribution in [-0.4, -0.2) is 50.9 Å². The molecule has 0 aliphatic carbocycles. The fourth-order valence-corrected chi connectivity index (χ4v) is 5.93. The predicted molar refractivity (Wildman–Crippen MR) is 139 cm³/mol. The molecule has 3 N–H and O–H groups in total. The molecule has 11 nitrogen and oxygen atoms in total. The summed E-state index contributed by atoms with van der Waals surface area (Å²) >= 11 is 0. The normalized spacial score (nSPS) is 20.8. The number of amides is 1. The number of carbonyl (C=O) groups is 1. The third-order valence-electron chi connectivity index (χ3n) is 6.78. The zero-order valence-electron chi connectivity index (χ0n) is 20.1. The van der Waals surface area contributed by atoms with Gasteiger partial charge < -0.3 is 25.1 Å². The van der Waals surface area contributed by atoms with Crippen molar-refractivity contribution in [2.45, 2.75) is 24.4 Å². The van der Waals surface area contributed by atoms with Gasteiger partial charge in [-0.05, 0) is 30.7 Å². The van der Waals surface area contributed by atoms with E-state index >= 15 is 0 Å². The lowest BCUT2D eigenvalue weighted by Crippen LogP contribution is -2.34. The van der Waals surface area contributed by atoms with Crippen molar-refractivity contribution in [1.82, 2.24) is 29.9 Å². The summed E-state index contributed by atoms with van der Waals surface area (Å²) in [6.45, 7) is 2.17. The predicted octanol–water partition coefficient (Wildman–Crippen LogP) is 2.62. The van der Waals surface area contributed by atoms with Crippen LogP contribution in [0.1, 0.15) is 22.8 Å². The van der Waals surface area contributed by atoms with E-state index in [1.165, 1.54) is 18.5 Å². The maximum atomic E-state index is 14.2. The Labute approximate surface area is 217 Å². The Hall–Kier alpha value is -4.78. The number of oxazole rings is 1. The number of anilines is 3. The first kappa shape index (κ1) is 22.4. The number of carbonyl (C=O) groups excluding carboxylic acids is 1. The lowest BCUT2D eigenvalue weighted by molar-refractivity contribution is 0.0930. The Morgan fingerprint density at radius 1 is 1.21 bits per heavy atom. The Morgan fingerprint density at radius 3 is 2.89 bits per heavy atom. The van der Waals surface area contributed by atoms with E-state index in [2.05, 4.69) is 31.0 Å². The standard InChI is InChI=1S/C25H21FN8O3Si/c1-25-23(38-25)33-21(35)17-11-30-34-12-18(13-2-4-16(5-3-13)31-24-27-6-7-36-24)19(32-20(17)34)28-9-14-8-15(26)10-29-22(14)37-25/h2-8,10-12,23H,9,38H2,1H3,(H,27,31)(H,28,32)(H,33,35)/t23?,25-/m1/s1. The highest BCUT2D eigenvalue weighted by Crippen LogP contribution is 2.35. The minimum atomic E-state index is -0.778. The Bertz CT molecular complexity index is 1690. The van der Waals surface area contributed by atoms with Gasteiger partial charge in [-0.2, -0.15) is 5.10 Å². The summed E-state index contributed by atoms with van der Waals surface area (Å²) in [5.74, 6) is 0.125. The average molecular weight is 529 g/mol.